The van der Waals surface area contributed by atoms with Crippen molar-refractivity contribution in [2.45, 2.75) is 32.4 Å². The minimum absolute atomic E-state index is 0.0197. The van der Waals surface area contributed by atoms with Crippen LogP contribution in [0, 0.1) is 5.95 Å². The Morgan fingerprint density at radius 2 is 2.22 bits per heavy atom. The topological polar surface area (TPSA) is 44.1 Å². The average Bonchev–Trinajstić information content (AvgIpc) is 2.64. The molecule has 0 amide bonds. The van der Waals surface area contributed by atoms with Crippen molar-refractivity contribution in [2.75, 3.05) is 12.5 Å². The fourth-order valence-corrected chi connectivity index (χ4v) is 2.15. The minimum Gasteiger partial charge on any atom is -0.359 e. The Hall–Kier alpha value is -0.723. The van der Waals surface area contributed by atoms with Crippen LogP contribution >= 0.6 is 11.6 Å². The first kappa shape index (κ1) is 15.3. The smallest absolute Gasteiger partial charge is 0.224 e. The second-order valence-corrected chi connectivity index (χ2v) is 11.1. The molecule has 0 unspecified atom stereocenters. The summed E-state index contributed by atoms with van der Waals surface area (Å²) >= 11 is 5.36. The first-order valence-corrected chi connectivity index (χ1v) is 9.97. The third kappa shape index (κ3) is 4.51. The zero-order valence-corrected chi connectivity index (χ0v) is 12.6. The summed E-state index contributed by atoms with van der Waals surface area (Å²) in [5.74, 6) is -1.41. The van der Waals surface area contributed by atoms with Gasteiger partial charge in [0.15, 0.2) is 5.78 Å². The van der Waals surface area contributed by atoms with Crippen LogP contribution in [0.4, 0.5) is 4.39 Å². The van der Waals surface area contributed by atoms with E-state index in [1.165, 1.54) is 6.20 Å². The van der Waals surface area contributed by atoms with Crippen LogP contribution in [0.5, 0.6) is 0 Å². The van der Waals surface area contributed by atoms with Gasteiger partial charge in [-0.3, -0.25) is 4.79 Å². The third-order valence-electron chi connectivity index (χ3n) is 2.41. The van der Waals surface area contributed by atoms with E-state index >= 15 is 0 Å². The second kappa shape index (κ2) is 6.45. The van der Waals surface area contributed by atoms with Crippen molar-refractivity contribution in [3.63, 3.8) is 0 Å². The van der Waals surface area contributed by atoms with Crippen LogP contribution in [0.1, 0.15) is 10.4 Å². The molecule has 0 fully saturated rings. The van der Waals surface area contributed by atoms with Crippen molar-refractivity contribution in [1.29, 1.82) is 0 Å². The van der Waals surface area contributed by atoms with Crippen molar-refractivity contribution < 1.29 is 13.9 Å². The van der Waals surface area contributed by atoms with E-state index in [0.29, 0.717) is 6.61 Å². The number of rotatable bonds is 7. The molecule has 4 nitrogen and oxygen atoms in total. The number of hydrogen-bond acceptors (Lipinski definition) is 3. The standard InChI is InChI=1S/C11H18ClFN2O2Si/c1-18(2,3)5-4-17-8-15-11(13)9(7-14-15)10(16)6-12/h7H,4-6,8H2,1-3H3. The number of nitrogens with zero attached hydrogens (tertiary/aromatic N) is 2. The number of ether oxygens (including phenoxy) is 1. The number of carbonyl (C=O) groups is 1. The molecule has 0 N–H and O–H groups in total. The van der Waals surface area contributed by atoms with Gasteiger partial charge < -0.3 is 4.74 Å². The van der Waals surface area contributed by atoms with Gasteiger partial charge in [0.1, 0.15) is 6.73 Å². The molecule has 0 bridgehead atoms. The monoisotopic (exact) mass is 292 g/mol. The molecule has 0 saturated heterocycles. The first-order valence-electron chi connectivity index (χ1n) is 5.73. The van der Waals surface area contributed by atoms with Gasteiger partial charge in [0.2, 0.25) is 5.95 Å². The van der Waals surface area contributed by atoms with Crippen LogP contribution in [0.15, 0.2) is 6.20 Å². The Kier molecular flexibility index (Phi) is 5.49. The van der Waals surface area contributed by atoms with Crippen LogP contribution in [-0.4, -0.2) is 36.1 Å². The molecule has 1 aromatic heterocycles. The fraction of sp³-hybridized carbons (Fsp3) is 0.636. The molecule has 0 aromatic carbocycles. The van der Waals surface area contributed by atoms with Crippen molar-refractivity contribution in [1.82, 2.24) is 9.78 Å². The average molecular weight is 293 g/mol. The maximum Gasteiger partial charge on any atom is 0.224 e. The fourth-order valence-electron chi connectivity index (χ4n) is 1.25. The molecule has 7 heteroatoms. The lowest BCUT2D eigenvalue weighted by molar-refractivity contribution is 0.0695. The highest BCUT2D eigenvalue weighted by Gasteiger charge is 2.17. The molecule has 1 heterocycles. The van der Waals surface area contributed by atoms with Crippen molar-refractivity contribution in [2.24, 2.45) is 0 Å². The van der Waals surface area contributed by atoms with Crippen LogP contribution < -0.4 is 0 Å². The molecule has 0 saturated carbocycles. The molecule has 0 atom stereocenters. The maximum atomic E-state index is 13.7. The number of alkyl halides is 1. The predicted molar refractivity (Wildman–Crippen MR) is 71.3 cm³/mol. The van der Waals surface area contributed by atoms with Crippen molar-refractivity contribution >= 4 is 25.5 Å². The lowest BCUT2D eigenvalue weighted by Gasteiger charge is -2.15. The van der Waals surface area contributed by atoms with Gasteiger partial charge in [-0.1, -0.05) is 19.6 Å². The Morgan fingerprint density at radius 3 is 2.78 bits per heavy atom. The van der Waals surface area contributed by atoms with Gasteiger partial charge in [0.05, 0.1) is 17.6 Å². The highest BCUT2D eigenvalue weighted by molar-refractivity contribution is 6.76. The Labute approximate surface area is 112 Å². The number of halogens is 2. The summed E-state index contributed by atoms with van der Waals surface area (Å²) < 4.78 is 20.1. The SMILES string of the molecule is C[Si](C)(C)CCOCn1ncc(C(=O)CCl)c1F. The molecule has 1 aromatic rings. The molecule has 0 aliphatic rings. The van der Waals surface area contributed by atoms with Crippen molar-refractivity contribution in [3.8, 4) is 0 Å². The van der Waals surface area contributed by atoms with E-state index in [1.807, 2.05) is 0 Å². The molecule has 0 radical (unpaired) electrons. The van der Waals surface area contributed by atoms with Crippen LogP contribution in [0.2, 0.25) is 25.7 Å². The highest BCUT2D eigenvalue weighted by atomic mass is 35.5. The van der Waals surface area contributed by atoms with Gasteiger partial charge in [-0.05, 0) is 6.04 Å². The summed E-state index contributed by atoms with van der Waals surface area (Å²) in [5, 5.41) is 3.77. The van der Waals surface area contributed by atoms with E-state index in [2.05, 4.69) is 24.7 Å². The molecule has 18 heavy (non-hydrogen) atoms. The maximum absolute atomic E-state index is 13.7. The first-order chi connectivity index (χ1) is 8.35. The zero-order valence-electron chi connectivity index (χ0n) is 10.9. The van der Waals surface area contributed by atoms with E-state index < -0.39 is 19.8 Å². The highest BCUT2D eigenvalue weighted by Crippen LogP contribution is 2.10. The van der Waals surface area contributed by atoms with E-state index in [0.717, 1.165) is 10.7 Å². The zero-order chi connectivity index (χ0) is 13.8. The summed E-state index contributed by atoms with van der Waals surface area (Å²) in [5.41, 5.74) is -0.0844. The minimum atomic E-state index is -1.15. The van der Waals surface area contributed by atoms with Gasteiger partial charge in [-0.25, -0.2) is 4.68 Å². The summed E-state index contributed by atoms with van der Waals surface area (Å²) in [4.78, 5) is 11.2. The molecule has 0 aliphatic heterocycles. The summed E-state index contributed by atoms with van der Waals surface area (Å²) in [6, 6.07) is 1.00. The molecular weight excluding hydrogens is 275 g/mol. The van der Waals surface area contributed by atoms with Crippen LogP contribution in [0.3, 0.4) is 0 Å². The lowest BCUT2D eigenvalue weighted by Crippen LogP contribution is -2.22. The van der Waals surface area contributed by atoms with E-state index in [1.54, 1.807) is 0 Å². The molecule has 0 aliphatic carbocycles. The predicted octanol–water partition coefficient (Wildman–Crippen LogP) is 2.76. The quantitative estimate of drug-likeness (QED) is 0.336. The number of hydrogen-bond donors (Lipinski definition) is 0. The summed E-state index contributed by atoms with van der Waals surface area (Å²) in [7, 11) is -1.15. The molecule has 1 rings (SSSR count). The molecule has 0 spiro atoms. The number of aromatic nitrogens is 2. The van der Waals surface area contributed by atoms with Crippen LogP contribution in [-0.2, 0) is 11.5 Å². The number of ketones is 1. The number of Topliss-reactive ketones (excluding diaryl/α,β-unsaturated/α-hetero) is 1. The van der Waals surface area contributed by atoms with Gasteiger partial charge in [-0.2, -0.15) is 9.49 Å². The number of carbonyl (C=O) groups excluding carboxylic acids is 1. The largest absolute Gasteiger partial charge is 0.359 e. The normalized spacial score (nSPS) is 11.8. The second-order valence-electron chi connectivity index (χ2n) is 5.25. The van der Waals surface area contributed by atoms with E-state index in [4.69, 9.17) is 16.3 Å². The third-order valence-corrected chi connectivity index (χ3v) is 4.35. The van der Waals surface area contributed by atoms with Crippen LogP contribution in [0.25, 0.3) is 0 Å². The van der Waals surface area contributed by atoms with Gasteiger partial charge in [0.25, 0.3) is 0 Å². The van der Waals surface area contributed by atoms with Gasteiger partial charge in [0, 0.05) is 14.7 Å². The lowest BCUT2D eigenvalue weighted by atomic mass is 10.2. The van der Waals surface area contributed by atoms with E-state index in [-0.39, 0.29) is 18.2 Å². The van der Waals surface area contributed by atoms with E-state index in [9.17, 15) is 9.18 Å². The van der Waals surface area contributed by atoms with Crippen molar-refractivity contribution in [3.05, 3.63) is 17.7 Å². The Bertz CT molecular complexity index is 418. The van der Waals surface area contributed by atoms with Gasteiger partial charge >= 0.3 is 0 Å². The Balaban J connectivity index is 2.49. The molecular formula is C11H18ClFN2O2Si. The summed E-state index contributed by atoms with van der Waals surface area (Å²) in [6.45, 7) is 7.31. The molecule has 102 valence electrons. The van der Waals surface area contributed by atoms with Gasteiger partial charge in [-0.15, -0.1) is 11.6 Å². The Morgan fingerprint density at radius 1 is 1.56 bits per heavy atom. The summed E-state index contributed by atoms with van der Waals surface area (Å²) in [6.07, 6.45) is 1.18.